The first-order valence-corrected chi connectivity index (χ1v) is 7.48. The van der Waals surface area contributed by atoms with Crippen LogP contribution in [0, 0.1) is 11.3 Å². The highest BCUT2D eigenvalue weighted by atomic mass is 32.2. The number of hydrogen-bond acceptors (Lipinski definition) is 6. The second kappa shape index (κ2) is 7.50. The molecule has 2 aromatic heterocycles. The van der Waals surface area contributed by atoms with Crippen molar-refractivity contribution in [3.8, 4) is 17.7 Å². The number of nitrogens with one attached hydrogen (secondary N) is 1. The van der Waals surface area contributed by atoms with E-state index in [4.69, 9.17) is 9.68 Å². The molecule has 0 fully saturated rings. The quantitative estimate of drug-likeness (QED) is 0.617. The summed E-state index contributed by atoms with van der Waals surface area (Å²) in [5, 5.41) is 19.9. The van der Waals surface area contributed by atoms with Crippen molar-refractivity contribution in [3.63, 3.8) is 0 Å². The molecule has 0 unspecified atom stereocenters. The Balaban J connectivity index is 1.98. The lowest BCUT2D eigenvalue weighted by atomic mass is 10.4. The minimum atomic E-state index is -0.125. The van der Waals surface area contributed by atoms with E-state index in [0.29, 0.717) is 36.3 Å². The van der Waals surface area contributed by atoms with Crippen molar-refractivity contribution in [1.82, 2.24) is 20.1 Å². The Kier molecular flexibility index (Phi) is 5.40. The zero-order valence-electron chi connectivity index (χ0n) is 11.6. The van der Waals surface area contributed by atoms with Crippen LogP contribution in [0.3, 0.4) is 0 Å². The maximum absolute atomic E-state index is 11.6. The number of carbonyl (C=O) groups is 1. The number of thioether (sulfide) groups is 1. The van der Waals surface area contributed by atoms with Crippen LogP contribution in [0.1, 0.15) is 13.3 Å². The minimum absolute atomic E-state index is 0.125. The molecule has 0 spiro atoms. The molecule has 110 valence electrons. The summed E-state index contributed by atoms with van der Waals surface area (Å²) in [6.07, 6.45) is 1.89. The first kappa shape index (κ1) is 15.1. The van der Waals surface area contributed by atoms with Crippen LogP contribution in [-0.2, 0) is 11.3 Å². The maximum atomic E-state index is 11.6. The normalized spacial score (nSPS) is 10.3. The van der Waals surface area contributed by atoms with E-state index < -0.39 is 0 Å². The molecule has 0 bridgehead atoms. The van der Waals surface area contributed by atoms with E-state index in [1.54, 1.807) is 12.3 Å². The molecule has 0 atom stereocenters. The second-order valence-electron chi connectivity index (χ2n) is 4.07. The summed E-state index contributed by atoms with van der Waals surface area (Å²) in [7, 11) is 0. The molecule has 21 heavy (non-hydrogen) atoms. The summed E-state index contributed by atoms with van der Waals surface area (Å²) in [5.74, 6) is 1.41. The molecule has 7 nitrogen and oxygen atoms in total. The van der Waals surface area contributed by atoms with Gasteiger partial charge in [-0.05, 0) is 19.1 Å². The highest BCUT2D eigenvalue weighted by molar-refractivity contribution is 7.99. The van der Waals surface area contributed by atoms with Crippen molar-refractivity contribution in [2.75, 3.05) is 12.3 Å². The number of hydrogen-bond donors (Lipinski definition) is 1. The molecule has 1 amide bonds. The molecule has 0 aliphatic heterocycles. The predicted molar refractivity (Wildman–Crippen MR) is 77.4 cm³/mol. The number of carbonyl (C=O) groups excluding carboxylic acids is 1. The van der Waals surface area contributed by atoms with E-state index in [-0.39, 0.29) is 11.7 Å². The van der Waals surface area contributed by atoms with Gasteiger partial charge in [-0.3, -0.25) is 9.36 Å². The zero-order valence-corrected chi connectivity index (χ0v) is 12.4. The van der Waals surface area contributed by atoms with Gasteiger partial charge in [-0.15, -0.1) is 10.2 Å². The molecule has 0 aromatic carbocycles. The number of rotatable bonds is 7. The lowest BCUT2D eigenvalue weighted by Crippen LogP contribution is -2.26. The molecule has 0 saturated heterocycles. The molecule has 8 heteroatoms. The lowest BCUT2D eigenvalue weighted by molar-refractivity contribution is -0.118. The molecular formula is C13H15N5O2S. The van der Waals surface area contributed by atoms with Crippen LogP contribution >= 0.6 is 11.8 Å². The fraction of sp³-hybridized carbons (Fsp3) is 0.385. The summed E-state index contributed by atoms with van der Waals surface area (Å²) in [6.45, 7) is 3.03. The van der Waals surface area contributed by atoms with Crippen molar-refractivity contribution >= 4 is 17.7 Å². The minimum Gasteiger partial charge on any atom is -0.461 e. The van der Waals surface area contributed by atoms with Crippen LogP contribution in [0.4, 0.5) is 0 Å². The monoisotopic (exact) mass is 305 g/mol. The topological polar surface area (TPSA) is 96.7 Å². The van der Waals surface area contributed by atoms with Gasteiger partial charge in [-0.2, -0.15) is 5.26 Å². The van der Waals surface area contributed by atoms with Crippen LogP contribution in [0.2, 0.25) is 0 Å². The Bertz CT molecular complexity index is 630. The van der Waals surface area contributed by atoms with Gasteiger partial charge in [-0.25, -0.2) is 0 Å². The smallest absolute Gasteiger partial charge is 0.230 e. The summed E-state index contributed by atoms with van der Waals surface area (Å²) in [5.41, 5.74) is 0. The Morgan fingerprint density at radius 1 is 1.57 bits per heavy atom. The summed E-state index contributed by atoms with van der Waals surface area (Å²) >= 11 is 1.31. The first-order chi connectivity index (χ1) is 10.3. The van der Waals surface area contributed by atoms with Crippen LogP contribution in [0.25, 0.3) is 11.6 Å². The van der Waals surface area contributed by atoms with Gasteiger partial charge in [0.1, 0.15) is 0 Å². The van der Waals surface area contributed by atoms with E-state index in [9.17, 15) is 4.79 Å². The van der Waals surface area contributed by atoms with E-state index in [1.165, 1.54) is 11.8 Å². The SMILES string of the molecule is CCn1c(SCC(=O)NCCC#N)nnc1-c1ccco1. The highest BCUT2D eigenvalue weighted by Gasteiger charge is 2.15. The number of furan rings is 1. The number of amides is 1. The van der Waals surface area contributed by atoms with Crippen LogP contribution in [-0.4, -0.2) is 33.0 Å². The summed E-state index contributed by atoms with van der Waals surface area (Å²) in [6, 6.07) is 5.59. The van der Waals surface area contributed by atoms with Gasteiger partial charge < -0.3 is 9.73 Å². The van der Waals surface area contributed by atoms with Crippen LogP contribution in [0.15, 0.2) is 28.0 Å². The molecule has 0 saturated carbocycles. The predicted octanol–water partition coefficient (Wildman–Crippen LogP) is 1.68. The van der Waals surface area contributed by atoms with Gasteiger partial charge >= 0.3 is 0 Å². The van der Waals surface area contributed by atoms with Gasteiger partial charge in [0.2, 0.25) is 5.91 Å². The zero-order chi connectivity index (χ0) is 15.1. The molecule has 2 heterocycles. The number of nitrogens with zero attached hydrogens (tertiary/aromatic N) is 4. The number of aromatic nitrogens is 3. The van der Waals surface area contributed by atoms with Crippen molar-refractivity contribution in [2.24, 2.45) is 0 Å². The fourth-order valence-corrected chi connectivity index (χ4v) is 2.54. The van der Waals surface area contributed by atoms with Crippen molar-refractivity contribution < 1.29 is 9.21 Å². The van der Waals surface area contributed by atoms with Crippen molar-refractivity contribution in [3.05, 3.63) is 18.4 Å². The third kappa shape index (κ3) is 3.86. The maximum Gasteiger partial charge on any atom is 0.230 e. The third-order valence-electron chi connectivity index (χ3n) is 2.67. The van der Waals surface area contributed by atoms with Crippen molar-refractivity contribution in [2.45, 2.75) is 25.0 Å². The standard InChI is InChI=1S/C13H15N5O2S/c1-2-18-12(10-5-3-8-20-10)16-17-13(18)21-9-11(19)15-7-4-6-14/h3,5,8H,2,4,7,9H2,1H3,(H,15,19). The van der Waals surface area contributed by atoms with E-state index >= 15 is 0 Å². The van der Waals surface area contributed by atoms with E-state index in [1.807, 2.05) is 23.6 Å². The third-order valence-corrected chi connectivity index (χ3v) is 3.63. The largest absolute Gasteiger partial charge is 0.461 e. The van der Waals surface area contributed by atoms with E-state index in [2.05, 4.69) is 15.5 Å². The Hall–Kier alpha value is -2.27. The Labute approximate surface area is 126 Å². The summed E-state index contributed by atoms with van der Waals surface area (Å²) in [4.78, 5) is 11.6. The summed E-state index contributed by atoms with van der Waals surface area (Å²) < 4.78 is 7.22. The van der Waals surface area contributed by atoms with Gasteiger partial charge in [-0.1, -0.05) is 11.8 Å². The van der Waals surface area contributed by atoms with Gasteiger partial charge in [0, 0.05) is 13.1 Å². The molecule has 0 aliphatic rings. The fourth-order valence-electron chi connectivity index (χ4n) is 1.71. The lowest BCUT2D eigenvalue weighted by Gasteiger charge is -2.05. The Morgan fingerprint density at radius 3 is 3.10 bits per heavy atom. The number of nitriles is 1. The highest BCUT2D eigenvalue weighted by Crippen LogP contribution is 2.23. The molecule has 0 aliphatic carbocycles. The molecule has 2 aromatic rings. The first-order valence-electron chi connectivity index (χ1n) is 6.49. The van der Waals surface area contributed by atoms with E-state index in [0.717, 1.165) is 0 Å². The molecular weight excluding hydrogens is 290 g/mol. The van der Waals surface area contributed by atoms with Crippen molar-refractivity contribution in [1.29, 1.82) is 5.26 Å². The average molecular weight is 305 g/mol. The van der Waals surface area contributed by atoms with Crippen LogP contribution < -0.4 is 5.32 Å². The molecule has 1 N–H and O–H groups in total. The Morgan fingerprint density at radius 2 is 2.43 bits per heavy atom. The second-order valence-corrected chi connectivity index (χ2v) is 5.02. The molecule has 0 radical (unpaired) electrons. The molecule has 2 rings (SSSR count). The van der Waals surface area contributed by atoms with Gasteiger partial charge in [0.15, 0.2) is 16.7 Å². The van der Waals surface area contributed by atoms with Crippen LogP contribution in [0.5, 0.6) is 0 Å². The van der Waals surface area contributed by atoms with Gasteiger partial charge in [0.25, 0.3) is 0 Å². The average Bonchev–Trinajstić information content (AvgIpc) is 3.13. The van der Waals surface area contributed by atoms with Gasteiger partial charge in [0.05, 0.1) is 24.5 Å².